The van der Waals surface area contributed by atoms with Crippen LogP contribution in [0.4, 0.5) is 4.39 Å². The number of benzene rings is 2. The molecule has 0 unspecified atom stereocenters. The molecule has 2 aromatic carbocycles. The Hall–Kier alpha value is -2.67. The molecule has 0 bridgehead atoms. The van der Waals surface area contributed by atoms with Crippen molar-refractivity contribution >= 4 is 28.6 Å². The minimum atomic E-state index is -0.302. The van der Waals surface area contributed by atoms with E-state index in [0.717, 1.165) is 12.0 Å². The van der Waals surface area contributed by atoms with Gasteiger partial charge in [0.05, 0.1) is 16.7 Å². The zero-order chi connectivity index (χ0) is 21.0. The van der Waals surface area contributed by atoms with E-state index in [1.54, 1.807) is 34.7 Å². The van der Waals surface area contributed by atoms with E-state index in [9.17, 15) is 14.0 Å². The van der Waals surface area contributed by atoms with Crippen LogP contribution in [-0.2, 0) is 11.3 Å². The highest BCUT2D eigenvalue weighted by Crippen LogP contribution is 2.22. The molecular formula is C22H24FN3O2S. The predicted octanol–water partition coefficient (Wildman–Crippen LogP) is 4.26. The van der Waals surface area contributed by atoms with Crippen molar-refractivity contribution < 1.29 is 9.18 Å². The summed E-state index contributed by atoms with van der Waals surface area (Å²) in [6.07, 6.45) is 0.784. The van der Waals surface area contributed by atoms with Crippen molar-refractivity contribution in [1.29, 1.82) is 0 Å². The number of carbonyl (C=O) groups excluding carboxylic acids is 1. The third-order valence-electron chi connectivity index (χ3n) is 4.89. The Morgan fingerprint density at radius 1 is 1.21 bits per heavy atom. The summed E-state index contributed by atoms with van der Waals surface area (Å²) in [5.41, 5.74) is 1.40. The molecule has 0 aliphatic carbocycles. The summed E-state index contributed by atoms with van der Waals surface area (Å²) in [6, 6.07) is 13.3. The number of para-hydroxylation sites is 1. The molecule has 1 atom stereocenters. The summed E-state index contributed by atoms with van der Waals surface area (Å²) in [5, 5.41) is 1.13. The van der Waals surface area contributed by atoms with Gasteiger partial charge in [-0.2, -0.15) is 0 Å². The first-order chi connectivity index (χ1) is 13.9. The van der Waals surface area contributed by atoms with E-state index in [1.165, 1.54) is 23.9 Å². The topological polar surface area (TPSA) is 55.2 Å². The van der Waals surface area contributed by atoms with Crippen LogP contribution in [0.25, 0.3) is 10.9 Å². The number of carbonyl (C=O) groups is 1. The number of nitrogens with zero attached hydrogens (tertiary/aromatic N) is 3. The largest absolute Gasteiger partial charge is 0.341 e. The van der Waals surface area contributed by atoms with Gasteiger partial charge in [-0.1, -0.05) is 43.0 Å². The highest BCUT2D eigenvalue weighted by molar-refractivity contribution is 7.99. The van der Waals surface area contributed by atoms with Crippen molar-refractivity contribution in [2.24, 2.45) is 0 Å². The molecular weight excluding hydrogens is 389 g/mol. The average molecular weight is 414 g/mol. The van der Waals surface area contributed by atoms with Gasteiger partial charge in [0.2, 0.25) is 5.91 Å². The monoisotopic (exact) mass is 413 g/mol. The van der Waals surface area contributed by atoms with Gasteiger partial charge in [-0.05, 0) is 43.2 Å². The van der Waals surface area contributed by atoms with E-state index in [0.29, 0.717) is 22.6 Å². The van der Waals surface area contributed by atoms with Gasteiger partial charge >= 0.3 is 0 Å². The van der Waals surface area contributed by atoms with Crippen molar-refractivity contribution in [1.82, 2.24) is 14.5 Å². The molecule has 0 saturated carbocycles. The van der Waals surface area contributed by atoms with Crippen LogP contribution >= 0.6 is 11.8 Å². The zero-order valence-electron chi connectivity index (χ0n) is 16.8. The number of fused-ring (bicyclic) bond motifs is 1. The van der Waals surface area contributed by atoms with E-state index in [2.05, 4.69) is 4.98 Å². The van der Waals surface area contributed by atoms with Gasteiger partial charge in [0.1, 0.15) is 5.82 Å². The van der Waals surface area contributed by atoms with Crippen LogP contribution in [0.15, 0.2) is 58.5 Å². The molecule has 0 N–H and O–H groups in total. The van der Waals surface area contributed by atoms with Crippen LogP contribution in [-0.4, -0.2) is 33.2 Å². The molecule has 0 spiro atoms. The predicted molar refractivity (Wildman–Crippen MR) is 115 cm³/mol. The van der Waals surface area contributed by atoms with Crippen molar-refractivity contribution in [2.45, 2.75) is 38.0 Å². The quantitative estimate of drug-likeness (QED) is 0.429. The van der Waals surface area contributed by atoms with E-state index in [1.807, 2.05) is 32.0 Å². The number of halogens is 1. The Kier molecular flexibility index (Phi) is 6.69. The molecule has 1 heterocycles. The number of thioether (sulfide) groups is 1. The van der Waals surface area contributed by atoms with Gasteiger partial charge in [0.25, 0.3) is 5.56 Å². The second-order valence-electron chi connectivity index (χ2n) is 7.01. The first-order valence-corrected chi connectivity index (χ1v) is 10.5. The average Bonchev–Trinajstić information content (AvgIpc) is 2.73. The van der Waals surface area contributed by atoms with Crippen molar-refractivity contribution in [3.8, 4) is 0 Å². The summed E-state index contributed by atoms with van der Waals surface area (Å²) >= 11 is 1.27. The molecule has 7 heteroatoms. The standard InChI is InChI=1S/C22H24FN3O2S/c1-4-15(2)26-21(28)18-7-5-6-8-19(18)24-22(26)29-14-20(27)25(3)13-16-9-11-17(23)12-10-16/h5-12,15H,4,13-14H2,1-3H3/t15-/m0/s1. The van der Waals surface area contributed by atoms with Gasteiger partial charge in [-0.15, -0.1) is 0 Å². The molecule has 0 radical (unpaired) electrons. The SMILES string of the molecule is CC[C@H](C)n1c(SCC(=O)N(C)Cc2ccc(F)cc2)nc2ccccc2c1=O. The van der Waals surface area contributed by atoms with E-state index in [4.69, 9.17) is 0 Å². The lowest BCUT2D eigenvalue weighted by atomic mass is 10.2. The fraction of sp³-hybridized carbons (Fsp3) is 0.318. The van der Waals surface area contributed by atoms with E-state index in [-0.39, 0.29) is 29.1 Å². The molecule has 1 amide bonds. The molecule has 3 rings (SSSR count). The van der Waals surface area contributed by atoms with Crippen LogP contribution in [0.2, 0.25) is 0 Å². The number of amides is 1. The molecule has 0 saturated heterocycles. The number of aromatic nitrogens is 2. The van der Waals surface area contributed by atoms with Gasteiger partial charge in [0.15, 0.2) is 5.16 Å². The summed E-state index contributed by atoms with van der Waals surface area (Å²) in [4.78, 5) is 31.8. The lowest BCUT2D eigenvalue weighted by Crippen LogP contribution is -2.29. The number of hydrogen-bond donors (Lipinski definition) is 0. The summed E-state index contributed by atoms with van der Waals surface area (Å²) < 4.78 is 14.7. The molecule has 3 aromatic rings. The van der Waals surface area contributed by atoms with Crippen LogP contribution in [0, 0.1) is 5.82 Å². The van der Waals surface area contributed by atoms with Crippen molar-refractivity contribution in [2.75, 3.05) is 12.8 Å². The molecule has 0 aliphatic heterocycles. The highest BCUT2D eigenvalue weighted by Gasteiger charge is 2.18. The lowest BCUT2D eigenvalue weighted by molar-refractivity contribution is -0.127. The highest BCUT2D eigenvalue weighted by atomic mass is 32.2. The summed E-state index contributed by atoms with van der Waals surface area (Å²) in [7, 11) is 1.71. The van der Waals surface area contributed by atoms with Gasteiger partial charge < -0.3 is 4.90 Å². The third-order valence-corrected chi connectivity index (χ3v) is 5.83. The van der Waals surface area contributed by atoms with Crippen LogP contribution in [0.5, 0.6) is 0 Å². The fourth-order valence-electron chi connectivity index (χ4n) is 2.99. The Bertz CT molecular complexity index is 1070. The van der Waals surface area contributed by atoms with Crippen molar-refractivity contribution in [3.63, 3.8) is 0 Å². The first kappa shape index (κ1) is 21.0. The van der Waals surface area contributed by atoms with Gasteiger partial charge in [-0.25, -0.2) is 9.37 Å². The maximum absolute atomic E-state index is 13.0. The van der Waals surface area contributed by atoms with Gasteiger partial charge in [0, 0.05) is 19.6 Å². The lowest BCUT2D eigenvalue weighted by Gasteiger charge is -2.20. The molecule has 29 heavy (non-hydrogen) atoms. The van der Waals surface area contributed by atoms with E-state index >= 15 is 0 Å². The summed E-state index contributed by atoms with van der Waals surface area (Å²) in [5.74, 6) is -0.222. The second kappa shape index (κ2) is 9.22. The maximum atomic E-state index is 13.0. The van der Waals surface area contributed by atoms with Gasteiger partial charge in [-0.3, -0.25) is 14.2 Å². The molecule has 152 valence electrons. The molecule has 0 aliphatic rings. The molecule has 1 aromatic heterocycles. The van der Waals surface area contributed by atoms with Crippen molar-refractivity contribution in [3.05, 3.63) is 70.3 Å². The minimum absolute atomic E-state index is 0.0193. The maximum Gasteiger partial charge on any atom is 0.262 e. The Morgan fingerprint density at radius 3 is 2.59 bits per heavy atom. The third kappa shape index (κ3) is 4.85. The Balaban J connectivity index is 1.79. The number of rotatable bonds is 7. The Labute approximate surface area is 173 Å². The van der Waals surface area contributed by atoms with Crippen LogP contribution < -0.4 is 5.56 Å². The summed E-state index contributed by atoms with van der Waals surface area (Å²) in [6.45, 7) is 4.38. The fourth-order valence-corrected chi connectivity index (χ4v) is 4.02. The first-order valence-electron chi connectivity index (χ1n) is 9.53. The zero-order valence-corrected chi connectivity index (χ0v) is 17.6. The number of hydrogen-bond acceptors (Lipinski definition) is 4. The Morgan fingerprint density at radius 2 is 1.90 bits per heavy atom. The molecule has 0 fully saturated rings. The normalized spacial score (nSPS) is 12.1. The second-order valence-corrected chi connectivity index (χ2v) is 7.95. The molecule has 5 nitrogen and oxygen atoms in total. The minimum Gasteiger partial charge on any atom is -0.341 e. The smallest absolute Gasteiger partial charge is 0.262 e. The van der Waals surface area contributed by atoms with Crippen LogP contribution in [0.3, 0.4) is 0 Å². The van der Waals surface area contributed by atoms with Crippen LogP contribution in [0.1, 0.15) is 31.9 Å². The van der Waals surface area contributed by atoms with E-state index < -0.39 is 0 Å².